The summed E-state index contributed by atoms with van der Waals surface area (Å²) in [6.07, 6.45) is -3.75. The number of hydrogen-bond acceptors (Lipinski definition) is 4. The molecule has 1 aromatic carbocycles. The maximum absolute atomic E-state index is 11.8. The lowest BCUT2D eigenvalue weighted by Crippen LogP contribution is -2.16. The van der Waals surface area contributed by atoms with Gasteiger partial charge in [0.25, 0.3) is 0 Å². The van der Waals surface area contributed by atoms with Crippen molar-refractivity contribution < 1.29 is 27.1 Å². The number of alkyl halides is 3. The van der Waals surface area contributed by atoms with Crippen LogP contribution < -0.4 is 9.62 Å². The van der Waals surface area contributed by atoms with Crippen molar-refractivity contribution in [2.75, 3.05) is 5.75 Å². The predicted octanol–water partition coefficient (Wildman–Crippen LogP) is 3.95. The Morgan fingerprint density at radius 3 is 2.24 bits per heavy atom. The van der Waals surface area contributed by atoms with Gasteiger partial charge in [0.2, 0.25) is 0 Å². The van der Waals surface area contributed by atoms with Crippen molar-refractivity contribution in [1.29, 1.82) is 0 Å². The Bertz CT molecular complexity index is 327. The van der Waals surface area contributed by atoms with E-state index in [0.717, 1.165) is 36.3 Å². The van der Waals surface area contributed by atoms with Gasteiger partial charge in [0.05, 0.1) is 0 Å². The van der Waals surface area contributed by atoms with Crippen molar-refractivity contribution in [3.8, 4) is 11.5 Å². The first-order valence-corrected chi connectivity index (χ1v) is 5.74. The second-order valence-corrected chi connectivity index (χ2v) is 3.77. The second-order valence-electron chi connectivity index (χ2n) is 2.99. The lowest BCUT2D eigenvalue weighted by molar-refractivity contribution is -0.274. The summed E-state index contributed by atoms with van der Waals surface area (Å²) in [5.74, 6) is 0.782. The molecule has 0 fully saturated rings. The van der Waals surface area contributed by atoms with E-state index in [-0.39, 0.29) is 5.75 Å². The van der Waals surface area contributed by atoms with Crippen LogP contribution in [0.25, 0.3) is 0 Å². The van der Waals surface area contributed by atoms with E-state index in [2.05, 4.69) is 4.74 Å². The maximum Gasteiger partial charge on any atom is 0.573 e. The fraction of sp³-hybridized carbons (Fsp3) is 0.400. The smallest absolute Gasteiger partial charge is 0.406 e. The Balaban J connectivity index is 2.39. The summed E-state index contributed by atoms with van der Waals surface area (Å²) in [4.78, 5) is 4.82. The van der Waals surface area contributed by atoms with E-state index < -0.39 is 6.36 Å². The van der Waals surface area contributed by atoms with E-state index >= 15 is 0 Å². The molecule has 1 rings (SSSR count). The molecule has 0 aromatic heterocycles. The summed E-state index contributed by atoms with van der Waals surface area (Å²) in [5.41, 5.74) is 0. The van der Waals surface area contributed by atoms with Crippen LogP contribution >= 0.6 is 12.0 Å². The van der Waals surface area contributed by atoms with Gasteiger partial charge >= 0.3 is 6.36 Å². The van der Waals surface area contributed by atoms with E-state index in [1.54, 1.807) is 0 Å². The summed E-state index contributed by atoms with van der Waals surface area (Å²) in [6, 6.07) is 4.95. The van der Waals surface area contributed by atoms with Crippen LogP contribution in [0.3, 0.4) is 0 Å². The van der Waals surface area contributed by atoms with Crippen LogP contribution in [-0.4, -0.2) is 12.1 Å². The van der Waals surface area contributed by atoms with E-state index in [4.69, 9.17) is 9.22 Å². The van der Waals surface area contributed by atoms with Crippen LogP contribution in [0, 0.1) is 0 Å². The Morgan fingerprint density at radius 2 is 1.71 bits per heavy atom. The van der Waals surface area contributed by atoms with Gasteiger partial charge in [-0.25, -0.2) is 0 Å². The number of hydrogen-bond donors (Lipinski definition) is 0. The highest BCUT2D eigenvalue weighted by molar-refractivity contribution is 7.94. The fourth-order valence-electron chi connectivity index (χ4n) is 0.878. The first kappa shape index (κ1) is 14.0. The van der Waals surface area contributed by atoms with Crippen LogP contribution in [-0.2, 0) is 4.33 Å². The average molecular weight is 268 g/mol. The average Bonchev–Trinajstić information content (AvgIpc) is 2.25. The molecule has 3 nitrogen and oxygen atoms in total. The van der Waals surface area contributed by atoms with E-state index in [1.165, 1.54) is 12.1 Å². The quantitative estimate of drug-likeness (QED) is 0.338. The van der Waals surface area contributed by atoms with E-state index in [0.29, 0.717) is 5.75 Å². The Kier molecular flexibility index (Phi) is 5.43. The summed E-state index contributed by atoms with van der Waals surface area (Å²) in [5, 5.41) is 0. The SMILES string of the molecule is CCCSOOc1ccc(OC(F)(F)F)cc1. The lowest BCUT2D eigenvalue weighted by Gasteiger charge is -2.09. The molecule has 0 aliphatic heterocycles. The fourth-order valence-corrected chi connectivity index (χ4v) is 1.24. The normalized spacial score (nSPS) is 11.3. The molecular formula is C10H11F3O3S. The van der Waals surface area contributed by atoms with Gasteiger partial charge in [-0.3, -0.25) is 0 Å². The molecule has 0 aliphatic carbocycles. The molecule has 0 saturated carbocycles. The number of halogens is 3. The topological polar surface area (TPSA) is 27.7 Å². The summed E-state index contributed by atoms with van der Waals surface area (Å²) in [6.45, 7) is 1.99. The third kappa shape index (κ3) is 6.28. The summed E-state index contributed by atoms with van der Waals surface area (Å²) in [7, 11) is 0. The molecule has 0 spiro atoms. The van der Waals surface area contributed by atoms with Gasteiger partial charge < -0.3 is 9.62 Å². The molecule has 0 N–H and O–H groups in total. The molecule has 17 heavy (non-hydrogen) atoms. The zero-order valence-electron chi connectivity index (χ0n) is 8.99. The first-order valence-electron chi connectivity index (χ1n) is 4.83. The molecule has 7 heteroatoms. The zero-order valence-corrected chi connectivity index (χ0v) is 9.81. The first-order chi connectivity index (χ1) is 8.01. The van der Waals surface area contributed by atoms with Crippen LogP contribution in [0.4, 0.5) is 13.2 Å². The minimum Gasteiger partial charge on any atom is -0.406 e. The van der Waals surface area contributed by atoms with Crippen LogP contribution in [0.15, 0.2) is 24.3 Å². The van der Waals surface area contributed by atoms with Gasteiger partial charge in [0, 0.05) is 17.8 Å². The van der Waals surface area contributed by atoms with Crippen molar-refractivity contribution in [3.63, 3.8) is 0 Å². The zero-order chi connectivity index (χ0) is 12.7. The van der Waals surface area contributed by atoms with Crippen LogP contribution in [0.2, 0.25) is 0 Å². The molecule has 96 valence electrons. The monoisotopic (exact) mass is 268 g/mol. The lowest BCUT2D eigenvalue weighted by atomic mass is 10.3. The van der Waals surface area contributed by atoms with Crippen molar-refractivity contribution in [2.45, 2.75) is 19.7 Å². The minimum absolute atomic E-state index is 0.300. The van der Waals surface area contributed by atoms with Crippen LogP contribution in [0.5, 0.6) is 11.5 Å². The summed E-state index contributed by atoms with van der Waals surface area (Å²) >= 11 is 1.13. The number of rotatable bonds is 6. The molecule has 0 unspecified atom stereocenters. The highest BCUT2D eigenvalue weighted by Gasteiger charge is 2.30. The van der Waals surface area contributed by atoms with E-state index in [1.807, 2.05) is 6.92 Å². The van der Waals surface area contributed by atoms with Gasteiger partial charge in [-0.2, -0.15) is 0 Å². The Labute approximate surface area is 101 Å². The maximum atomic E-state index is 11.8. The van der Waals surface area contributed by atoms with Crippen molar-refractivity contribution in [1.82, 2.24) is 0 Å². The molecule has 0 amide bonds. The van der Waals surface area contributed by atoms with Gasteiger partial charge in [0.1, 0.15) is 5.75 Å². The minimum atomic E-state index is -4.68. The van der Waals surface area contributed by atoms with Gasteiger partial charge in [0.15, 0.2) is 5.75 Å². The molecule has 0 radical (unpaired) electrons. The highest BCUT2D eigenvalue weighted by atomic mass is 32.2. The molecule has 0 aliphatic rings. The molecular weight excluding hydrogens is 257 g/mol. The standard InChI is InChI=1S/C10H11F3O3S/c1-2-7-17-16-15-9-5-3-8(4-6-9)14-10(11,12)13/h3-6H,2,7H2,1H3. The van der Waals surface area contributed by atoms with Gasteiger partial charge in [-0.1, -0.05) is 6.92 Å². The molecule has 0 saturated heterocycles. The van der Waals surface area contributed by atoms with Gasteiger partial charge in [-0.05, 0) is 30.7 Å². The number of ether oxygens (including phenoxy) is 1. The molecule has 1 aromatic rings. The van der Waals surface area contributed by atoms with Crippen LogP contribution in [0.1, 0.15) is 13.3 Å². The van der Waals surface area contributed by atoms with Gasteiger partial charge in [-0.15, -0.1) is 17.5 Å². The molecule has 0 heterocycles. The highest BCUT2D eigenvalue weighted by Crippen LogP contribution is 2.25. The Morgan fingerprint density at radius 1 is 1.12 bits per heavy atom. The number of benzene rings is 1. The Hall–Kier alpha value is -1.08. The second kappa shape index (κ2) is 6.61. The molecule has 0 atom stereocenters. The van der Waals surface area contributed by atoms with Crippen molar-refractivity contribution in [3.05, 3.63) is 24.3 Å². The van der Waals surface area contributed by atoms with Crippen molar-refractivity contribution >= 4 is 12.0 Å². The largest absolute Gasteiger partial charge is 0.573 e. The predicted molar refractivity (Wildman–Crippen MR) is 57.6 cm³/mol. The molecule has 0 bridgehead atoms. The third-order valence-electron chi connectivity index (χ3n) is 1.52. The van der Waals surface area contributed by atoms with E-state index in [9.17, 15) is 13.2 Å². The third-order valence-corrected chi connectivity index (χ3v) is 2.26. The van der Waals surface area contributed by atoms with Crippen molar-refractivity contribution in [2.24, 2.45) is 0 Å². The summed E-state index contributed by atoms with van der Waals surface area (Å²) < 4.78 is 44.0.